The topological polar surface area (TPSA) is 85.1 Å². The van der Waals surface area contributed by atoms with Crippen LogP contribution in [0.25, 0.3) is 0 Å². The minimum Gasteiger partial charge on any atom is -0.383 e. The maximum absolute atomic E-state index is 12.3. The molecule has 1 heterocycles. The lowest BCUT2D eigenvalue weighted by molar-refractivity contribution is 0.601. The van der Waals surface area contributed by atoms with Crippen LogP contribution in [0.1, 0.15) is 0 Å². The van der Waals surface area contributed by atoms with Crippen molar-refractivity contribution >= 4 is 60.7 Å². The number of pyridine rings is 1. The highest BCUT2D eigenvalue weighted by atomic mass is 79.9. The molecule has 0 aliphatic rings. The number of rotatable bonds is 3. The molecule has 0 saturated carbocycles. The molecule has 0 aliphatic heterocycles. The van der Waals surface area contributed by atoms with Gasteiger partial charge in [-0.15, -0.1) is 0 Å². The van der Waals surface area contributed by atoms with Crippen LogP contribution in [-0.4, -0.2) is 13.4 Å². The van der Waals surface area contributed by atoms with Crippen LogP contribution < -0.4 is 10.5 Å². The highest BCUT2D eigenvalue weighted by Crippen LogP contribution is 2.27. The second-order valence-corrected chi connectivity index (χ2v) is 7.24. The van der Waals surface area contributed by atoms with Gasteiger partial charge in [0.05, 0.1) is 5.69 Å². The first-order chi connectivity index (χ1) is 9.28. The lowest BCUT2D eigenvalue weighted by atomic mass is 10.3. The number of benzene rings is 1. The Morgan fingerprint density at radius 3 is 2.35 bits per heavy atom. The Bertz CT molecular complexity index is 748. The van der Waals surface area contributed by atoms with Crippen molar-refractivity contribution in [2.24, 2.45) is 0 Å². The number of halogens is 3. The van der Waals surface area contributed by atoms with Gasteiger partial charge < -0.3 is 5.73 Å². The SMILES string of the molecule is Nc1ncc(Br)cc1S(=O)(=O)Nc1cc(Cl)cc(Cl)c1. The summed E-state index contributed by atoms with van der Waals surface area (Å²) in [5.41, 5.74) is 5.82. The largest absolute Gasteiger partial charge is 0.383 e. The van der Waals surface area contributed by atoms with Gasteiger partial charge in [-0.1, -0.05) is 23.2 Å². The highest BCUT2D eigenvalue weighted by molar-refractivity contribution is 9.10. The number of anilines is 2. The van der Waals surface area contributed by atoms with E-state index in [-0.39, 0.29) is 16.4 Å². The lowest BCUT2D eigenvalue weighted by Crippen LogP contribution is -2.15. The van der Waals surface area contributed by atoms with Gasteiger partial charge in [0.15, 0.2) is 0 Å². The molecule has 20 heavy (non-hydrogen) atoms. The number of aromatic nitrogens is 1. The van der Waals surface area contributed by atoms with Crippen molar-refractivity contribution in [1.29, 1.82) is 0 Å². The highest BCUT2D eigenvalue weighted by Gasteiger charge is 2.19. The van der Waals surface area contributed by atoms with Crippen LogP contribution >= 0.6 is 39.1 Å². The standard InChI is InChI=1S/C11H8BrCl2N3O2S/c12-6-1-10(11(15)16-5-6)20(18,19)17-9-3-7(13)2-8(14)4-9/h1-5,17H,(H2,15,16). The van der Waals surface area contributed by atoms with Crippen molar-refractivity contribution in [3.63, 3.8) is 0 Å². The van der Waals surface area contributed by atoms with Crippen LogP contribution in [-0.2, 0) is 10.0 Å². The lowest BCUT2D eigenvalue weighted by Gasteiger charge is -2.10. The Balaban J connectivity index is 2.43. The van der Waals surface area contributed by atoms with E-state index in [0.717, 1.165) is 0 Å². The summed E-state index contributed by atoms with van der Waals surface area (Å²) in [5, 5.41) is 0.631. The molecule has 0 saturated heterocycles. The van der Waals surface area contributed by atoms with E-state index in [1.54, 1.807) is 0 Å². The third-order valence-electron chi connectivity index (χ3n) is 2.25. The monoisotopic (exact) mass is 395 g/mol. The van der Waals surface area contributed by atoms with Crippen LogP contribution in [0, 0.1) is 0 Å². The summed E-state index contributed by atoms with van der Waals surface area (Å²) >= 11 is 14.8. The predicted molar refractivity (Wildman–Crippen MR) is 83.6 cm³/mol. The third-order valence-corrected chi connectivity index (χ3v) is 4.53. The molecular formula is C11H8BrCl2N3O2S. The normalized spacial score (nSPS) is 11.3. The molecule has 106 valence electrons. The third kappa shape index (κ3) is 3.54. The molecule has 1 aromatic carbocycles. The Morgan fingerprint density at radius 1 is 1.15 bits per heavy atom. The fourth-order valence-corrected chi connectivity index (χ4v) is 3.63. The summed E-state index contributed by atoms with van der Waals surface area (Å²) in [7, 11) is -3.88. The van der Waals surface area contributed by atoms with Crippen molar-refractivity contribution in [3.8, 4) is 0 Å². The quantitative estimate of drug-likeness (QED) is 0.830. The molecule has 3 N–H and O–H groups in total. The first-order valence-electron chi connectivity index (χ1n) is 5.18. The molecule has 0 atom stereocenters. The van der Waals surface area contributed by atoms with Gasteiger partial charge in [0, 0.05) is 20.7 Å². The number of nitrogens with two attached hydrogens (primary N) is 1. The summed E-state index contributed by atoms with van der Waals surface area (Å²) in [6.45, 7) is 0. The predicted octanol–water partition coefficient (Wildman–Crippen LogP) is 3.53. The van der Waals surface area contributed by atoms with E-state index in [2.05, 4.69) is 25.6 Å². The number of hydrogen-bond donors (Lipinski definition) is 2. The average Bonchev–Trinajstić information content (AvgIpc) is 2.30. The molecule has 0 amide bonds. The van der Waals surface area contributed by atoms with Crippen LogP contribution in [0.4, 0.5) is 11.5 Å². The van der Waals surface area contributed by atoms with Gasteiger partial charge in [-0.3, -0.25) is 4.72 Å². The number of nitrogens with zero attached hydrogens (tertiary/aromatic N) is 1. The molecule has 0 unspecified atom stereocenters. The number of hydrogen-bond acceptors (Lipinski definition) is 4. The van der Waals surface area contributed by atoms with E-state index in [0.29, 0.717) is 14.5 Å². The smallest absolute Gasteiger partial charge is 0.265 e. The van der Waals surface area contributed by atoms with Gasteiger partial charge in [0.1, 0.15) is 10.7 Å². The Hall–Kier alpha value is -1.02. The average molecular weight is 397 g/mol. The molecule has 2 rings (SSSR count). The summed E-state index contributed by atoms with van der Waals surface area (Å²) < 4.78 is 27.4. The molecule has 0 bridgehead atoms. The molecule has 0 spiro atoms. The molecule has 0 radical (unpaired) electrons. The minimum absolute atomic E-state index is 0.103. The second-order valence-electron chi connectivity index (χ2n) is 3.80. The fraction of sp³-hybridized carbons (Fsp3) is 0. The van der Waals surface area contributed by atoms with Crippen LogP contribution in [0.5, 0.6) is 0 Å². The van der Waals surface area contributed by atoms with Crippen LogP contribution in [0.3, 0.4) is 0 Å². The van der Waals surface area contributed by atoms with E-state index >= 15 is 0 Å². The van der Waals surface area contributed by atoms with E-state index in [9.17, 15) is 8.42 Å². The van der Waals surface area contributed by atoms with Gasteiger partial charge in [0.25, 0.3) is 10.0 Å². The van der Waals surface area contributed by atoms with Gasteiger partial charge in [-0.2, -0.15) is 0 Å². The van der Waals surface area contributed by atoms with Gasteiger partial charge in [0.2, 0.25) is 0 Å². The van der Waals surface area contributed by atoms with Gasteiger partial charge in [-0.25, -0.2) is 13.4 Å². The minimum atomic E-state index is -3.88. The zero-order valence-electron chi connectivity index (χ0n) is 9.77. The summed E-state index contributed by atoms with van der Waals surface area (Å²) in [4.78, 5) is 3.65. The zero-order valence-corrected chi connectivity index (χ0v) is 13.7. The van der Waals surface area contributed by atoms with Crippen molar-refractivity contribution in [2.75, 3.05) is 10.5 Å². The van der Waals surface area contributed by atoms with Crippen molar-refractivity contribution < 1.29 is 8.42 Å². The molecule has 9 heteroatoms. The van der Waals surface area contributed by atoms with E-state index in [1.165, 1.54) is 30.5 Å². The molecule has 0 aliphatic carbocycles. The van der Waals surface area contributed by atoms with Crippen molar-refractivity contribution in [2.45, 2.75) is 4.90 Å². The molecular weight excluding hydrogens is 389 g/mol. The van der Waals surface area contributed by atoms with Gasteiger partial charge in [-0.05, 0) is 40.2 Å². The van der Waals surface area contributed by atoms with Crippen molar-refractivity contribution in [3.05, 3.63) is 45.0 Å². The van der Waals surface area contributed by atoms with E-state index in [1.807, 2.05) is 0 Å². The summed E-state index contributed by atoms with van der Waals surface area (Å²) in [6.07, 6.45) is 1.41. The second kappa shape index (κ2) is 5.77. The Morgan fingerprint density at radius 2 is 1.75 bits per heavy atom. The van der Waals surface area contributed by atoms with Crippen LogP contribution in [0.2, 0.25) is 10.0 Å². The number of nitrogen functional groups attached to an aromatic ring is 1. The van der Waals surface area contributed by atoms with Crippen molar-refractivity contribution in [1.82, 2.24) is 4.98 Å². The summed E-state index contributed by atoms with van der Waals surface area (Å²) in [5.74, 6) is -0.103. The maximum Gasteiger partial charge on any atom is 0.265 e. The molecule has 0 fully saturated rings. The van der Waals surface area contributed by atoms with E-state index < -0.39 is 10.0 Å². The van der Waals surface area contributed by atoms with Crippen LogP contribution in [0.15, 0.2) is 39.8 Å². The molecule has 1 aromatic heterocycles. The first-order valence-corrected chi connectivity index (χ1v) is 8.21. The van der Waals surface area contributed by atoms with E-state index in [4.69, 9.17) is 28.9 Å². The maximum atomic E-state index is 12.3. The van der Waals surface area contributed by atoms with Gasteiger partial charge >= 0.3 is 0 Å². The zero-order chi connectivity index (χ0) is 14.9. The molecule has 5 nitrogen and oxygen atoms in total. The number of sulfonamides is 1. The number of nitrogens with one attached hydrogen (secondary N) is 1. The molecule has 2 aromatic rings. The first kappa shape index (κ1) is 15.4. The fourth-order valence-electron chi connectivity index (χ4n) is 1.47. The summed E-state index contributed by atoms with van der Waals surface area (Å²) in [6, 6.07) is 5.73. The Labute approximate surface area is 134 Å². The Kier molecular flexibility index (Phi) is 4.43.